The molecule has 22 heavy (non-hydrogen) atoms. The van der Waals surface area contributed by atoms with Crippen LogP contribution in [-0.2, 0) is 11.3 Å². The molecule has 1 amide bonds. The summed E-state index contributed by atoms with van der Waals surface area (Å²) < 4.78 is 7.41. The number of carbonyl (C=O) groups excluding carboxylic acids is 1. The molecule has 0 fully saturated rings. The van der Waals surface area contributed by atoms with Crippen molar-refractivity contribution in [2.75, 3.05) is 6.61 Å². The number of hydrogen-bond donors (Lipinski definition) is 1. The lowest BCUT2D eigenvalue weighted by Crippen LogP contribution is -2.29. The minimum atomic E-state index is -0.172. The molecule has 2 aromatic heterocycles. The zero-order chi connectivity index (χ0) is 15.4. The van der Waals surface area contributed by atoms with E-state index < -0.39 is 0 Å². The summed E-state index contributed by atoms with van der Waals surface area (Å²) in [6.07, 6.45) is 3.71. The molecule has 0 atom stereocenters. The first-order chi connectivity index (χ1) is 10.7. The topological polar surface area (TPSA) is 55.6 Å². The Morgan fingerprint density at radius 1 is 1.27 bits per heavy atom. The average Bonchev–Trinajstić information content (AvgIpc) is 2.94. The van der Waals surface area contributed by atoms with Crippen molar-refractivity contribution in [3.8, 4) is 5.75 Å². The number of pyridine rings is 1. The van der Waals surface area contributed by atoms with E-state index in [1.54, 1.807) is 6.20 Å². The van der Waals surface area contributed by atoms with Gasteiger partial charge in [0.25, 0.3) is 5.91 Å². The summed E-state index contributed by atoms with van der Waals surface area (Å²) in [6, 6.07) is 13.5. The lowest BCUT2D eigenvalue weighted by Gasteiger charge is -2.07. The van der Waals surface area contributed by atoms with Gasteiger partial charge in [-0.2, -0.15) is 0 Å². The number of hydrogen-bond acceptors (Lipinski definition) is 3. The maximum absolute atomic E-state index is 11.9. The Bertz CT molecular complexity index is 795. The number of ether oxygens (including phenoxy) is 1. The molecule has 1 aromatic carbocycles. The van der Waals surface area contributed by atoms with Crippen LogP contribution in [0.15, 0.2) is 54.9 Å². The fourth-order valence-corrected chi connectivity index (χ4v) is 2.21. The van der Waals surface area contributed by atoms with Crippen LogP contribution in [0.5, 0.6) is 5.75 Å². The third kappa shape index (κ3) is 3.25. The van der Waals surface area contributed by atoms with Crippen molar-refractivity contribution in [3.05, 3.63) is 66.2 Å². The number of fused-ring (bicyclic) bond motifs is 1. The van der Waals surface area contributed by atoms with Gasteiger partial charge in [0, 0.05) is 6.20 Å². The van der Waals surface area contributed by atoms with Crippen LogP contribution >= 0.6 is 0 Å². The van der Waals surface area contributed by atoms with E-state index in [0.29, 0.717) is 12.3 Å². The first kappa shape index (κ1) is 14.1. The van der Waals surface area contributed by atoms with Gasteiger partial charge in [0.15, 0.2) is 6.61 Å². The number of aryl methyl sites for hydroxylation is 1. The van der Waals surface area contributed by atoms with E-state index in [1.807, 2.05) is 60.0 Å². The summed E-state index contributed by atoms with van der Waals surface area (Å²) in [5.41, 5.74) is 2.10. The van der Waals surface area contributed by atoms with Gasteiger partial charge in [-0.3, -0.25) is 4.79 Å². The number of nitrogens with zero attached hydrogens (tertiary/aromatic N) is 2. The molecule has 0 bridgehead atoms. The van der Waals surface area contributed by atoms with E-state index in [9.17, 15) is 4.79 Å². The standard InChI is InChI=1S/C17H17N3O2/c1-13-5-4-7-15(9-13)22-12-17(21)19-11-16-18-10-14-6-2-3-8-20(14)16/h2-10H,11-12H2,1H3,(H,19,21). The highest BCUT2D eigenvalue weighted by Gasteiger charge is 2.06. The van der Waals surface area contributed by atoms with Crippen LogP contribution in [0.4, 0.5) is 0 Å². The minimum Gasteiger partial charge on any atom is -0.484 e. The zero-order valence-electron chi connectivity index (χ0n) is 12.3. The van der Waals surface area contributed by atoms with E-state index in [4.69, 9.17) is 4.74 Å². The predicted molar refractivity (Wildman–Crippen MR) is 83.7 cm³/mol. The first-order valence-electron chi connectivity index (χ1n) is 7.09. The summed E-state index contributed by atoms with van der Waals surface area (Å²) in [7, 11) is 0. The first-order valence-corrected chi connectivity index (χ1v) is 7.09. The van der Waals surface area contributed by atoms with Crippen molar-refractivity contribution >= 4 is 11.4 Å². The molecule has 2 heterocycles. The third-order valence-corrected chi connectivity index (χ3v) is 3.32. The van der Waals surface area contributed by atoms with Crippen molar-refractivity contribution < 1.29 is 9.53 Å². The van der Waals surface area contributed by atoms with Gasteiger partial charge < -0.3 is 14.5 Å². The highest BCUT2D eigenvalue weighted by atomic mass is 16.5. The summed E-state index contributed by atoms with van der Waals surface area (Å²) in [5.74, 6) is 1.31. The Balaban J connectivity index is 1.54. The van der Waals surface area contributed by atoms with E-state index in [-0.39, 0.29) is 12.5 Å². The van der Waals surface area contributed by atoms with Gasteiger partial charge in [0.1, 0.15) is 11.6 Å². The molecule has 0 spiro atoms. The molecule has 1 N–H and O–H groups in total. The van der Waals surface area contributed by atoms with Gasteiger partial charge in [0.05, 0.1) is 18.3 Å². The van der Waals surface area contributed by atoms with E-state index >= 15 is 0 Å². The van der Waals surface area contributed by atoms with E-state index in [0.717, 1.165) is 16.9 Å². The van der Waals surface area contributed by atoms with Crippen molar-refractivity contribution in [2.45, 2.75) is 13.5 Å². The molecular formula is C17H17N3O2. The quantitative estimate of drug-likeness (QED) is 0.786. The highest BCUT2D eigenvalue weighted by Crippen LogP contribution is 2.12. The zero-order valence-corrected chi connectivity index (χ0v) is 12.3. The van der Waals surface area contributed by atoms with Crippen LogP contribution < -0.4 is 10.1 Å². The number of carbonyl (C=O) groups is 1. The maximum Gasteiger partial charge on any atom is 0.258 e. The maximum atomic E-state index is 11.9. The number of rotatable bonds is 5. The largest absolute Gasteiger partial charge is 0.484 e. The van der Waals surface area contributed by atoms with Gasteiger partial charge in [-0.05, 0) is 36.8 Å². The number of aromatic nitrogens is 2. The molecule has 112 valence electrons. The molecule has 0 aliphatic rings. The average molecular weight is 295 g/mol. The highest BCUT2D eigenvalue weighted by molar-refractivity contribution is 5.77. The molecule has 3 rings (SSSR count). The second-order valence-corrected chi connectivity index (χ2v) is 5.05. The van der Waals surface area contributed by atoms with Crippen LogP contribution in [0, 0.1) is 6.92 Å². The Kier molecular flexibility index (Phi) is 4.05. The summed E-state index contributed by atoms with van der Waals surface area (Å²) in [4.78, 5) is 16.2. The van der Waals surface area contributed by atoms with Gasteiger partial charge in [-0.15, -0.1) is 0 Å². The Hall–Kier alpha value is -2.82. The predicted octanol–water partition coefficient (Wildman–Crippen LogP) is 2.34. The minimum absolute atomic E-state index is 0.00718. The second kappa shape index (κ2) is 6.30. The Morgan fingerprint density at radius 3 is 3.05 bits per heavy atom. The normalized spacial score (nSPS) is 10.6. The molecule has 0 radical (unpaired) electrons. The van der Waals surface area contributed by atoms with Crippen LogP contribution in [0.25, 0.3) is 5.52 Å². The summed E-state index contributed by atoms with van der Waals surface area (Å²) in [6.45, 7) is 2.34. The van der Waals surface area contributed by atoms with Crippen molar-refractivity contribution in [1.82, 2.24) is 14.7 Å². The fourth-order valence-electron chi connectivity index (χ4n) is 2.21. The van der Waals surface area contributed by atoms with Gasteiger partial charge in [-0.1, -0.05) is 18.2 Å². The molecule has 0 saturated carbocycles. The Morgan fingerprint density at radius 2 is 2.18 bits per heavy atom. The van der Waals surface area contributed by atoms with Gasteiger partial charge >= 0.3 is 0 Å². The van der Waals surface area contributed by atoms with Crippen molar-refractivity contribution in [3.63, 3.8) is 0 Å². The fraction of sp³-hybridized carbons (Fsp3) is 0.176. The number of imidazole rings is 1. The molecule has 3 aromatic rings. The van der Waals surface area contributed by atoms with Gasteiger partial charge in [-0.25, -0.2) is 4.98 Å². The van der Waals surface area contributed by atoms with Crippen LogP contribution in [0.1, 0.15) is 11.4 Å². The van der Waals surface area contributed by atoms with Crippen LogP contribution in [-0.4, -0.2) is 21.9 Å². The van der Waals surface area contributed by atoms with E-state index in [1.165, 1.54) is 0 Å². The molecule has 5 nitrogen and oxygen atoms in total. The summed E-state index contributed by atoms with van der Waals surface area (Å²) in [5, 5.41) is 2.81. The third-order valence-electron chi connectivity index (χ3n) is 3.32. The Labute approximate surface area is 128 Å². The number of benzene rings is 1. The van der Waals surface area contributed by atoms with E-state index in [2.05, 4.69) is 10.3 Å². The number of nitrogens with one attached hydrogen (secondary N) is 1. The smallest absolute Gasteiger partial charge is 0.258 e. The molecule has 5 heteroatoms. The lowest BCUT2D eigenvalue weighted by atomic mass is 10.2. The van der Waals surface area contributed by atoms with Crippen LogP contribution in [0.3, 0.4) is 0 Å². The molecule has 0 unspecified atom stereocenters. The molecule has 0 saturated heterocycles. The molecular weight excluding hydrogens is 278 g/mol. The van der Waals surface area contributed by atoms with Gasteiger partial charge in [0.2, 0.25) is 0 Å². The van der Waals surface area contributed by atoms with Crippen molar-refractivity contribution in [1.29, 1.82) is 0 Å². The van der Waals surface area contributed by atoms with Crippen molar-refractivity contribution in [2.24, 2.45) is 0 Å². The monoisotopic (exact) mass is 295 g/mol. The lowest BCUT2D eigenvalue weighted by molar-refractivity contribution is -0.123. The SMILES string of the molecule is Cc1cccc(OCC(=O)NCc2ncc3ccccn23)c1. The van der Waals surface area contributed by atoms with Crippen LogP contribution in [0.2, 0.25) is 0 Å². The second-order valence-electron chi connectivity index (χ2n) is 5.05. The molecule has 0 aliphatic heterocycles. The number of amides is 1. The summed E-state index contributed by atoms with van der Waals surface area (Å²) >= 11 is 0. The molecule has 0 aliphatic carbocycles.